The highest BCUT2D eigenvalue weighted by Gasteiger charge is 2.09. The highest BCUT2D eigenvalue weighted by molar-refractivity contribution is 7.84. The third-order valence-electron chi connectivity index (χ3n) is 2.39. The summed E-state index contributed by atoms with van der Waals surface area (Å²) >= 11 is 0. The summed E-state index contributed by atoms with van der Waals surface area (Å²) in [6.45, 7) is 3.36. The molecule has 0 rings (SSSR count). The Hall–Kier alpha value is -0.420. The highest BCUT2D eigenvalue weighted by atomic mass is 32.2. The van der Waals surface area contributed by atoms with Crippen molar-refractivity contribution >= 4 is 16.7 Å². The van der Waals surface area contributed by atoms with Crippen molar-refractivity contribution in [3.05, 3.63) is 0 Å². The molecule has 16 heavy (non-hydrogen) atoms. The Morgan fingerprint density at radius 2 is 2.00 bits per heavy atom. The van der Waals surface area contributed by atoms with Gasteiger partial charge in [-0.3, -0.25) is 9.00 Å². The molecule has 0 bridgehead atoms. The Morgan fingerprint density at radius 3 is 2.56 bits per heavy atom. The second-order valence-electron chi connectivity index (χ2n) is 3.91. The van der Waals surface area contributed by atoms with Gasteiger partial charge >= 0.3 is 0 Å². The summed E-state index contributed by atoms with van der Waals surface area (Å²) < 4.78 is 11.5. The van der Waals surface area contributed by atoms with Crippen molar-refractivity contribution in [2.75, 3.05) is 31.6 Å². The van der Waals surface area contributed by atoms with Gasteiger partial charge in [0.25, 0.3) is 0 Å². The largest absolute Gasteiger partial charge is 0.346 e. The van der Waals surface area contributed by atoms with Crippen molar-refractivity contribution in [1.82, 2.24) is 4.90 Å². The fourth-order valence-corrected chi connectivity index (χ4v) is 2.47. The molecule has 0 aromatic heterocycles. The van der Waals surface area contributed by atoms with Crippen LogP contribution in [0.3, 0.4) is 0 Å². The molecule has 2 N–H and O–H groups in total. The van der Waals surface area contributed by atoms with E-state index in [1.165, 1.54) is 0 Å². The van der Waals surface area contributed by atoms with Gasteiger partial charge in [0.15, 0.2) is 0 Å². The number of carbonyl (C=O) groups excluding carboxylic acids is 1. The van der Waals surface area contributed by atoms with Gasteiger partial charge in [0.05, 0.1) is 0 Å². The zero-order valence-electron chi connectivity index (χ0n) is 10.4. The lowest BCUT2D eigenvalue weighted by Crippen LogP contribution is -2.30. The summed E-state index contributed by atoms with van der Waals surface area (Å²) in [5.41, 5.74) is 5.37. The van der Waals surface area contributed by atoms with Gasteiger partial charge in [-0.25, -0.2) is 0 Å². The molecule has 0 aromatic rings. The number of unbranched alkanes of at least 4 members (excludes halogenated alkanes) is 1. The molecule has 0 saturated carbocycles. The first-order valence-electron chi connectivity index (χ1n) is 5.90. The Labute approximate surface area is 101 Å². The predicted molar refractivity (Wildman–Crippen MR) is 68.7 cm³/mol. The molecule has 0 fully saturated rings. The van der Waals surface area contributed by atoms with Gasteiger partial charge < -0.3 is 10.6 Å². The van der Waals surface area contributed by atoms with Crippen LogP contribution >= 0.6 is 0 Å². The molecule has 1 unspecified atom stereocenters. The number of hydrogen-bond acceptors (Lipinski definition) is 3. The molecule has 96 valence electrons. The number of hydrogen-bond donors (Lipinski definition) is 1. The Morgan fingerprint density at radius 1 is 1.31 bits per heavy atom. The summed E-state index contributed by atoms with van der Waals surface area (Å²) in [6, 6.07) is 0. The van der Waals surface area contributed by atoms with Crippen molar-refractivity contribution < 1.29 is 9.00 Å². The lowest BCUT2D eigenvalue weighted by atomic mass is 10.3. The van der Waals surface area contributed by atoms with E-state index < -0.39 is 10.8 Å². The van der Waals surface area contributed by atoms with E-state index in [0.717, 1.165) is 25.0 Å². The highest BCUT2D eigenvalue weighted by Crippen LogP contribution is 1.98. The predicted octanol–water partition coefficient (Wildman–Crippen LogP) is 0.733. The Kier molecular flexibility index (Phi) is 9.52. The van der Waals surface area contributed by atoms with Crippen LogP contribution in [-0.4, -0.2) is 46.7 Å². The summed E-state index contributed by atoms with van der Waals surface area (Å²) in [6.07, 6.45) is 3.23. The van der Waals surface area contributed by atoms with Crippen LogP contribution in [0.25, 0.3) is 0 Å². The van der Waals surface area contributed by atoms with E-state index in [1.54, 1.807) is 11.9 Å². The van der Waals surface area contributed by atoms with Gasteiger partial charge in [0.1, 0.15) is 0 Å². The molecule has 0 saturated heterocycles. The first-order chi connectivity index (χ1) is 7.61. The van der Waals surface area contributed by atoms with E-state index in [-0.39, 0.29) is 5.91 Å². The van der Waals surface area contributed by atoms with Crippen LogP contribution in [0.15, 0.2) is 0 Å². The molecule has 0 radical (unpaired) electrons. The Balaban J connectivity index is 3.66. The van der Waals surface area contributed by atoms with Crippen LogP contribution in [-0.2, 0) is 15.6 Å². The van der Waals surface area contributed by atoms with Crippen LogP contribution in [0.1, 0.15) is 32.6 Å². The molecule has 0 aliphatic carbocycles. The number of nitrogens with two attached hydrogens (primary N) is 1. The fourth-order valence-electron chi connectivity index (χ4n) is 1.25. The molecule has 0 aliphatic rings. The standard InChI is InChI=1S/C11H24N2O2S/c1-3-4-9-16(15)10-6-11(14)13(2)8-5-7-12/h3-10,12H2,1-2H3. The van der Waals surface area contributed by atoms with Crippen molar-refractivity contribution in [1.29, 1.82) is 0 Å². The van der Waals surface area contributed by atoms with Gasteiger partial charge in [0.2, 0.25) is 5.91 Å². The minimum Gasteiger partial charge on any atom is -0.346 e. The summed E-state index contributed by atoms with van der Waals surface area (Å²) in [5, 5.41) is 0. The van der Waals surface area contributed by atoms with E-state index >= 15 is 0 Å². The SMILES string of the molecule is CCCCS(=O)CCC(=O)N(C)CCCN. The molecular formula is C11H24N2O2S. The molecule has 0 aliphatic heterocycles. The maximum Gasteiger partial charge on any atom is 0.223 e. The van der Waals surface area contributed by atoms with E-state index in [1.807, 2.05) is 0 Å². The third-order valence-corrected chi connectivity index (χ3v) is 3.80. The van der Waals surface area contributed by atoms with Crippen LogP contribution in [0.4, 0.5) is 0 Å². The summed E-state index contributed by atoms with van der Waals surface area (Å²) in [5.74, 6) is 1.28. The lowest BCUT2D eigenvalue weighted by molar-refractivity contribution is -0.129. The van der Waals surface area contributed by atoms with Crippen LogP contribution < -0.4 is 5.73 Å². The van der Waals surface area contributed by atoms with E-state index in [2.05, 4.69) is 6.92 Å². The molecule has 0 aromatic carbocycles. The minimum atomic E-state index is -0.835. The van der Waals surface area contributed by atoms with Gasteiger partial charge in [-0.05, 0) is 19.4 Å². The van der Waals surface area contributed by atoms with Crippen LogP contribution in [0.5, 0.6) is 0 Å². The number of carbonyl (C=O) groups is 1. The van der Waals surface area contributed by atoms with Crippen molar-refractivity contribution in [2.45, 2.75) is 32.6 Å². The zero-order valence-corrected chi connectivity index (χ0v) is 11.2. The van der Waals surface area contributed by atoms with Crippen LogP contribution in [0.2, 0.25) is 0 Å². The third kappa shape index (κ3) is 7.82. The maximum absolute atomic E-state index is 11.6. The normalized spacial score (nSPS) is 12.4. The van der Waals surface area contributed by atoms with E-state index in [9.17, 15) is 9.00 Å². The molecule has 5 heteroatoms. The van der Waals surface area contributed by atoms with Crippen molar-refractivity contribution in [3.63, 3.8) is 0 Å². The fraction of sp³-hybridized carbons (Fsp3) is 0.909. The van der Waals surface area contributed by atoms with Gasteiger partial charge in [0, 0.05) is 42.3 Å². The summed E-state index contributed by atoms with van der Waals surface area (Å²) in [4.78, 5) is 13.2. The molecule has 0 heterocycles. The van der Waals surface area contributed by atoms with Gasteiger partial charge in [-0.15, -0.1) is 0 Å². The molecular weight excluding hydrogens is 224 g/mol. The number of nitrogens with zero attached hydrogens (tertiary/aromatic N) is 1. The maximum atomic E-state index is 11.6. The first kappa shape index (κ1) is 15.6. The van der Waals surface area contributed by atoms with Crippen LogP contribution in [0, 0.1) is 0 Å². The monoisotopic (exact) mass is 248 g/mol. The number of rotatable bonds is 9. The van der Waals surface area contributed by atoms with Crippen molar-refractivity contribution in [2.24, 2.45) is 5.73 Å². The quantitative estimate of drug-likeness (QED) is 0.654. The second-order valence-corrected chi connectivity index (χ2v) is 5.61. The molecule has 0 spiro atoms. The Bertz CT molecular complexity index is 222. The average molecular weight is 248 g/mol. The topological polar surface area (TPSA) is 63.4 Å². The van der Waals surface area contributed by atoms with E-state index in [4.69, 9.17) is 5.73 Å². The average Bonchev–Trinajstić information content (AvgIpc) is 2.30. The van der Waals surface area contributed by atoms with E-state index in [0.29, 0.717) is 25.3 Å². The molecule has 1 atom stereocenters. The zero-order chi connectivity index (χ0) is 12.4. The van der Waals surface area contributed by atoms with Gasteiger partial charge in [-0.2, -0.15) is 0 Å². The second kappa shape index (κ2) is 9.78. The first-order valence-corrected chi connectivity index (χ1v) is 7.39. The molecule has 4 nitrogen and oxygen atoms in total. The summed E-state index contributed by atoms with van der Waals surface area (Å²) in [7, 11) is 0.936. The lowest BCUT2D eigenvalue weighted by Gasteiger charge is -2.16. The minimum absolute atomic E-state index is 0.0679. The molecule has 1 amide bonds. The number of amides is 1. The van der Waals surface area contributed by atoms with Gasteiger partial charge in [-0.1, -0.05) is 13.3 Å². The van der Waals surface area contributed by atoms with Crippen molar-refractivity contribution in [3.8, 4) is 0 Å². The smallest absolute Gasteiger partial charge is 0.223 e.